The van der Waals surface area contributed by atoms with Crippen LogP contribution in [0.15, 0.2) is 6.20 Å². The van der Waals surface area contributed by atoms with Crippen LogP contribution < -0.4 is 10.6 Å². The largest absolute Gasteiger partial charge is 0.368 e. The molecule has 3 heterocycles. The summed E-state index contributed by atoms with van der Waals surface area (Å²) in [6.45, 7) is 5.44. The highest BCUT2D eigenvalue weighted by Crippen LogP contribution is 2.22. The zero-order valence-electron chi connectivity index (χ0n) is 12.0. The van der Waals surface area contributed by atoms with E-state index in [1.54, 1.807) is 6.20 Å². The molecule has 1 atom stereocenters. The van der Waals surface area contributed by atoms with E-state index in [1.807, 2.05) is 7.05 Å². The Morgan fingerprint density at radius 2 is 2.35 bits per heavy atom. The number of anilines is 2. The van der Waals surface area contributed by atoms with Crippen LogP contribution in [0.25, 0.3) is 11.0 Å². The molecule has 20 heavy (non-hydrogen) atoms. The minimum Gasteiger partial charge on any atom is -0.368 e. The summed E-state index contributed by atoms with van der Waals surface area (Å²) in [6.07, 6.45) is 4.30. The fourth-order valence-electron chi connectivity index (χ4n) is 2.84. The van der Waals surface area contributed by atoms with E-state index in [0.29, 0.717) is 12.0 Å². The lowest BCUT2D eigenvalue weighted by atomic mass is 10.2. The van der Waals surface area contributed by atoms with Gasteiger partial charge in [-0.05, 0) is 25.9 Å². The van der Waals surface area contributed by atoms with Gasteiger partial charge in [0, 0.05) is 19.6 Å². The Kier molecular flexibility index (Phi) is 3.68. The first-order valence-corrected chi connectivity index (χ1v) is 7.18. The summed E-state index contributed by atoms with van der Waals surface area (Å²) in [7, 11) is 1.82. The molecule has 0 saturated carbocycles. The number of rotatable bonds is 5. The summed E-state index contributed by atoms with van der Waals surface area (Å²) in [5, 5.41) is 14.3. The highest BCUT2D eigenvalue weighted by Gasteiger charge is 2.23. The van der Waals surface area contributed by atoms with Crippen LogP contribution in [0.5, 0.6) is 0 Å². The van der Waals surface area contributed by atoms with E-state index in [0.717, 1.165) is 29.9 Å². The molecule has 0 aromatic carbocycles. The van der Waals surface area contributed by atoms with E-state index in [1.165, 1.54) is 19.4 Å². The number of aromatic nitrogens is 4. The molecule has 108 valence electrons. The van der Waals surface area contributed by atoms with Crippen LogP contribution in [0.4, 0.5) is 11.8 Å². The highest BCUT2D eigenvalue weighted by atomic mass is 15.2. The molecule has 2 aromatic heterocycles. The number of H-pyrrole nitrogens is 1. The molecule has 0 radical (unpaired) electrons. The molecule has 1 aliphatic heterocycles. The molecule has 3 N–H and O–H groups in total. The maximum absolute atomic E-state index is 4.49. The molecule has 7 nitrogen and oxygen atoms in total. The molecular weight excluding hydrogens is 254 g/mol. The second-order valence-corrected chi connectivity index (χ2v) is 5.08. The third-order valence-corrected chi connectivity index (χ3v) is 3.94. The SMILES string of the molecule is CCN1CCCC1CNc1nc(NC)nc2[nH]ncc12. The molecule has 1 saturated heterocycles. The highest BCUT2D eigenvalue weighted by molar-refractivity contribution is 5.86. The van der Waals surface area contributed by atoms with Gasteiger partial charge in [-0.15, -0.1) is 0 Å². The Morgan fingerprint density at radius 3 is 3.15 bits per heavy atom. The number of hydrogen-bond donors (Lipinski definition) is 3. The van der Waals surface area contributed by atoms with E-state index in [9.17, 15) is 0 Å². The van der Waals surface area contributed by atoms with Crippen LogP contribution in [0, 0.1) is 0 Å². The minimum atomic E-state index is 0.593. The third-order valence-electron chi connectivity index (χ3n) is 3.94. The van der Waals surface area contributed by atoms with Crippen LogP contribution in [0.3, 0.4) is 0 Å². The van der Waals surface area contributed by atoms with Crippen molar-refractivity contribution in [1.82, 2.24) is 25.1 Å². The molecule has 1 fully saturated rings. The van der Waals surface area contributed by atoms with Crippen molar-refractivity contribution >= 4 is 22.8 Å². The molecule has 2 aromatic rings. The number of aromatic amines is 1. The first-order chi connectivity index (χ1) is 9.81. The van der Waals surface area contributed by atoms with E-state index in [4.69, 9.17) is 0 Å². The quantitative estimate of drug-likeness (QED) is 0.763. The van der Waals surface area contributed by atoms with Gasteiger partial charge in [-0.25, -0.2) is 0 Å². The Labute approximate surface area is 118 Å². The standard InChI is InChI=1S/C13H21N7/c1-3-20-6-4-5-9(20)7-15-11-10-8-16-19-12(10)18-13(14-2)17-11/h8-9H,3-7H2,1-2H3,(H3,14,15,16,17,18,19). The molecular formula is C13H21N7. The van der Waals surface area contributed by atoms with Gasteiger partial charge < -0.3 is 10.6 Å². The lowest BCUT2D eigenvalue weighted by Gasteiger charge is -2.23. The van der Waals surface area contributed by atoms with Crippen molar-refractivity contribution in [3.05, 3.63) is 6.20 Å². The maximum Gasteiger partial charge on any atom is 0.226 e. The van der Waals surface area contributed by atoms with Gasteiger partial charge in [-0.1, -0.05) is 6.92 Å². The first-order valence-electron chi connectivity index (χ1n) is 7.18. The molecule has 1 unspecified atom stereocenters. The summed E-state index contributed by atoms with van der Waals surface area (Å²) in [5.74, 6) is 1.44. The normalized spacial score (nSPS) is 19.6. The van der Waals surface area contributed by atoms with E-state index < -0.39 is 0 Å². The van der Waals surface area contributed by atoms with Crippen LogP contribution in [-0.2, 0) is 0 Å². The summed E-state index contributed by atoms with van der Waals surface area (Å²) < 4.78 is 0. The molecule has 0 amide bonds. The Hall–Kier alpha value is -1.89. The van der Waals surface area contributed by atoms with Gasteiger partial charge in [0.05, 0.1) is 11.6 Å². The lowest BCUT2D eigenvalue weighted by Crippen LogP contribution is -2.34. The van der Waals surface area contributed by atoms with Crippen molar-refractivity contribution in [3.8, 4) is 0 Å². The van der Waals surface area contributed by atoms with Gasteiger partial charge in [-0.2, -0.15) is 15.1 Å². The van der Waals surface area contributed by atoms with Crippen molar-refractivity contribution in [2.45, 2.75) is 25.8 Å². The second-order valence-electron chi connectivity index (χ2n) is 5.08. The molecule has 1 aliphatic rings. The Bertz CT molecular complexity index is 579. The number of likely N-dealkylation sites (tertiary alicyclic amines) is 1. The smallest absolute Gasteiger partial charge is 0.226 e. The predicted molar refractivity (Wildman–Crippen MR) is 80.0 cm³/mol. The summed E-state index contributed by atoms with van der Waals surface area (Å²) in [4.78, 5) is 11.3. The number of hydrogen-bond acceptors (Lipinski definition) is 6. The van der Waals surface area contributed by atoms with E-state index >= 15 is 0 Å². The maximum atomic E-state index is 4.49. The number of likely N-dealkylation sites (N-methyl/N-ethyl adjacent to an activating group) is 1. The fraction of sp³-hybridized carbons (Fsp3) is 0.615. The average Bonchev–Trinajstić information content (AvgIpc) is 3.12. The number of fused-ring (bicyclic) bond motifs is 1. The fourth-order valence-corrected chi connectivity index (χ4v) is 2.84. The Morgan fingerprint density at radius 1 is 1.45 bits per heavy atom. The van der Waals surface area contributed by atoms with Gasteiger partial charge in [0.2, 0.25) is 5.95 Å². The van der Waals surface area contributed by atoms with Crippen molar-refractivity contribution in [1.29, 1.82) is 0 Å². The van der Waals surface area contributed by atoms with Crippen LogP contribution in [0.1, 0.15) is 19.8 Å². The van der Waals surface area contributed by atoms with Gasteiger partial charge in [-0.3, -0.25) is 10.00 Å². The number of nitrogens with one attached hydrogen (secondary N) is 3. The van der Waals surface area contributed by atoms with Crippen molar-refractivity contribution in [2.24, 2.45) is 0 Å². The zero-order valence-corrected chi connectivity index (χ0v) is 12.0. The molecule has 7 heteroatoms. The lowest BCUT2D eigenvalue weighted by molar-refractivity contribution is 0.277. The van der Waals surface area contributed by atoms with E-state index in [-0.39, 0.29) is 0 Å². The molecule has 0 spiro atoms. The van der Waals surface area contributed by atoms with Crippen LogP contribution in [-0.4, -0.2) is 57.8 Å². The zero-order chi connectivity index (χ0) is 13.9. The van der Waals surface area contributed by atoms with Gasteiger partial charge in [0.25, 0.3) is 0 Å². The molecule has 0 bridgehead atoms. The third kappa shape index (κ3) is 2.40. The minimum absolute atomic E-state index is 0.593. The summed E-state index contributed by atoms with van der Waals surface area (Å²) in [5.41, 5.74) is 0.755. The summed E-state index contributed by atoms with van der Waals surface area (Å²) >= 11 is 0. The Balaban J connectivity index is 1.78. The van der Waals surface area contributed by atoms with E-state index in [2.05, 4.69) is 42.6 Å². The average molecular weight is 275 g/mol. The van der Waals surface area contributed by atoms with Crippen LogP contribution >= 0.6 is 0 Å². The van der Waals surface area contributed by atoms with Crippen molar-refractivity contribution in [3.63, 3.8) is 0 Å². The predicted octanol–water partition coefficient (Wildman–Crippen LogP) is 1.29. The summed E-state index contributed by atoms with van der Waals surface area (Å²) in [6, 6.07) is 0.593. The topological polar surface area (TPSA) is 81.8 Å². The second kappa shape index (κ2) is 5.62. The molecule has 0 aliphatic carbocycles. The van der Waals surface area contributed by atoms with Crippen LogP contribution in [0.2, 0.25) is 0 Å². The monoisotopic (exact) mass is 275 g/mol. The van der Waals surface area contributed by atoms with Gasteiger partial charge in [0.15, 0.2) is 5.65 Å². The van der Waals surface area contributed by atoms with Crippen molar-refractivity contribution in [2.75, 3.05) is 37.3 Å². The first kappa shape index (κ1) is 13.1. The van der Waals surface area contributed by atoms with Crippen molar-refractivity contribution < 1.29 is 0 Å². The molecule has 3 rings (SSSR count). The van der Waals surface area contributed by atoms with Gasteiger partial charge in [0.1, 0.15) is 5.82 Å². The van der Waals surface area contributed by atoms with Gasteiger partial charge >= 0.3 is 0 Å². The number of nitrogens with zero attached hydrogens (tertiary/aromatic N) is 4.